The Balaban J connectivity index is 1.98. The van der Waals surface area contributed by atoms with Crippen LogP contribution in [0.15, 0.2) is 35.1 Å². The SMILES string of the molecule is C[Si](C)(C)CCOCn1cc(-c2nc(Cl)ncc2I)c2cccc(Br)c21. The number of benzene rings is 1. The van der Waals surface area contributed by atoms with Crippen molar-refractivity contribution in [1.29, 1.82) is 0 Å². The topological polar surface area (TPSA) is 39.9 Å². The van der Waals surface area contributed by atoms with Gasteiger partial charge in [-0.25, -0.2) is 9.97 Å². The second-order valence-electron chi connectivity index (χ2n) is 7.33. The van der Waals surface area contributed by atoms with Gasteiger partial charge in [-0.15, -0.1) is 0 Å². The van der Waals surface area contributed by atoms with Gasteiger partial charge < -0.3 is 9.30 Å². The van der Waals surface area contributed by atoms with E-state index in [1.807, 2.05) is 12.1 Å². The monoisotopic (exact) mass is 563 g/mol. The van der Waals surface area contributed by atoms with Crippen molar-refractivity contribution in [2.75, 3.05) is 6.61 Å². The summed E-state index contributed by atoms with van der Waals surface area (Å²) in [7, 11) is -1.10. The van der Waals surface area contributed by atoms with Gasteiger partial charge in [0.2, 0.25) is 5.28 Å². The fraction of sp³-hybridized carbons (Fsp3) is 0.333. The minimum Gasteiger partial charge on any atom is -0.361 e. The number of halogens is 3. The first-order valence-corrected chi connectivity index (χ1v) is 14.3. The molecule has 0 N–H and O–H groups in total. The van der Waals surface area contributed by atoms with Gasteiger partial charge in [-0.1, -0.05) is 31.8 Å². The van der Waals surface area contributed by atoms with E-state index < -0.39 is 8.07 Å². The lowest BCUT2D eigenvalue weighted by Gasteiger charge is -2.16. The van der Waals surface area contributed by atoms with Gasteiger partial charge in [-0.05, 0) is 62.2 Å². The highest BCUT2D eigenvalue weighted by atomic mass is 127. The van der Waals surface area contributed by atoms with E-state index in [-0.39, 0.29) is 5.28 Å². The molecule has 0 fully saturated rings. The van der Waals surface area contributed by atoms with Crippen molar-refractivity contribution in [3.63, 3.8) is 0 Å². The van der Waals surface area contributed by atoms with Crippen LogP contribution >= 0.6 is 50.1 Å². The van der Waals surface area contributed by atoms with Gasteiger partial charge >= 0.3 is 0 Å². The van der Waals surface area contributed by atoms with Crippen molar-refractivity contribution in [3.05, 3.63) is 43.9 Å². The maximum Gasteiger partial charge on any atom is 0.222 e. The van der Waals surface area contributed by atoms with E-state index in [1.165, 1.54) is 0 Å². The average molecular weight is 565 g/mol. The summed E-state index contributed by atoms with van der Waals surface area (Å²) in [6.07, 6.45) is 3.83. The Kier molecular flexibility index (Phi) is 6.43. The minimum atomic E-state index is -1.10. The van der Waals surface area contributed by atoms with Gasteiger partial charge in [0.1, 0.15) is 6.73 Å². The summed E-state index contributed by atoms with van der Waals surface area (Å²) in [5.74, 6) is 0. The molecule has 3 rings (SSSR count). The maximum absolute atomic E-state index is 6.04. The molecule has 138 valence electrons. The molecule has 0 atom stereocenters. The first-order chi connectivity index (χ1) is 12.3. The molecule has 0 aliphatic heterocycles. The minimum absolute atomic E-state index is 0.252. The highest BCUT2D eigenvalue weighted by molar-refractivity contribution is 14.1. The molecule has 0 amide bonds. The number of aromatic nitrogens is 3. The van der Waals surface area contributed by atoms with Crippen LogP contribution in [0.4, 0.5) is 0 Å². The number of hydrogen-bond donors (Lipinski definition) is 0. The van der Waals surface area contributed by atoms with Gasteiger partial charge in [-0.2, -0.15) is 0 Å². The Morgan fingerprint density at radius 1 is 1.31 bits per heavy atom. The van der Waals surface area contributed by atoms with E-state index in [0.29, 0.717) is 6.73 Å². The largest absolute Gasteiger partial charge is 0.361 e. The Bertz CT molecular complexity index is 942. The van der Waals surface area contributed by atoms with Gasteiger partial charge in [-0.3, -0.25) is 0 Å². The molecule has 1 aromatic carbocycles. The summed E-state index contributed by atoms with van der Waals surface area (Å²) in [4.78, 5) is 8.51. The molecule has 2 aromatic heterocycles. The second kappa shape index (κ2) is 8.26. The normalized spacial score (nSPS) is 12.1. The third-order valence-corrected chi connectivity index (χ3v) is 7.36. The van der Waals surface area contributed by atoms with E-state index in [1.54, 1.807) is 6.20 Å². The third kappa shape index (κ3) is 4.67. The predicted molar refractivity (Wildman–Crippen MR) is 122 cm³/mol. The molecule has 4 nitrogen and oxygen atoms in total. The molecule has 0 aliphatic rings. The number of fused-ring (bicyclic) bond motifs is 1. The van der Waals surface area contributed by atoms with E-state index in [9.17, 15) is 0 Å². The molecule has 2 heterocycles. The molecule has 0 spiro atoms. The first-order valence-electron chi connectivity index (χ1n) is 8.30. The zero-order valence-corrected chi connectivity index (χ0v) is 20.4. The molecule has 0 unspecified atom stereocenters. The zero-order chi connectivity index (χ0) is 18.9. The summed E-state index contributed by atoms with van der Waals surface area (Å²) in [6, 6.07) is 7.32. The predicted octanol–water partition coefficient (Wildman–Crippen LogP) is 6.43. The summed E-state index contributed by atoms with van der Waals surface area (Å²) in [6.45, 7) is 8.37. The molecule has 8 heteroatoms. The van der Waals surface area contributed by atoms with Crippen LogP contribution in [0, 0.1) is 3.57 Å². The van der Waals surface area contributed by atoms with E-state index in [0.717, 1.165) is 42.9 Å². The van der Waals surface area contributed by atoms with E-state index in [4.69, 9.17) is 16.3 Å². The van der Waals surface area contributed by atoms with E-state index in [2.05, 4.69) is 85.0 Å². The summed E-state index contributed by atoms with van der Waals surface area (Å²) in [5, 5.41) is 1.36. The van der Waals surface area contributed by atoms with Crippen LogP contribution in [-0.2, 0) is 11.5 Å². The molecule has 0 radical (unpaired) electrons. The summed E-state index contributed by atoms with van der Waals surface area (Å²) in [5.41, 5.74) is 2.97. The quantitative estimate of drug-likeness (QED) is 0.150. The number of ether oxygens (including phenoxy) is 1. The Labute approximate surface area is 181 Å². The van der Waals surface area contributed by atoms with Crippen molar-refractivity contribution in [3.8, 4) is 11.3 Å². The van der Waals surface area contributed by atoms with E-state index >= 15 is 0 Å². The standard InChI is InChI=1S/C18H20BrClIN3OSi/c1-26(2,3)8-7-25-11-24-10-13(12-5-4-6-14(19)17(12)24)16-15(21)9-22-18(20)23-16/h4-6,9-10H,7-8,11H2,1-3H3. The highest BCUT2D eigenvalue weighted by Gasteiger charge is 2.17. The second-order valence-corrected chi connectivity index (χ2v) is 15.3. The van der Waals surface area contributed by atoms with Gasteiger partial charge in [0.15, 0.2) is 0 Å². The van der Waals surface area contributed by atoms with Crippen LogP contribution in [0.2, 0.25) is 31.0 Å². The molecule has 3 aromatic rings. The molecule has 0 saturated heterocycles. The molecule has 0 bridgehead atoms. The molecule has 26 heavy (non-hydrogen) atoms. The molecule has 0 aliphatic carbocycles. The molecular weight excluding hydrogens is 545 g/mol. The fourth-order valence-electron chi connectivity index (χ4n) is 2.68. The van der Waals surface area contributed by atoms with Crippen LogP contribution < -0.4 is 0 Å². The smallest absolute Gasteiger partial charge is 0.222 e. The van der Waals surface area contributed by atoms with Gasteiger partial charge in [0.25, 0.3) is 0 Å². The van der Waals surface area contributed by atoms with Crippen LogP contribution in [-0.4, -0.2) is 29.2 Å². The van der Waals surface area contributed by atoms with Gasteiger partial charge in [0.05, 0.1) is 14.8 Å². The van der Waals surface area contributed by atoms with Crippen LogP contribution in [0.1, 0.15) is 0 Å². The van der Waals surface area contributed by atoms with Crippen LogP contribution in [0.5, 0.6) is 0 Å². The maximum atomic E-state index is 6.04. The highest BCUT2D eigenvalue weighted by Crippen LogP contribution is 2.35. The molecule has 0 saturated carbocycles. The first kappa shape index (κ1) is 20.3. The van der Waals surface area contributed by atoms with Gasteiger partial charge in [0, 0.05) is 42.5 Å². The summed E-state index contributed by atoms with van der Waals surface area (Å²) >= 11 is 12.0. The Morgan fingerprint density at radius 2 is 2.08 bits per heavy atom. The lowest BCUT2D eigenvalue weighted by Crippen LogP contribution is -2.21. The van der Waals surface area contributed by atoms with Crippen LogP contribution in [0.3, 0.4) is 0 Å². The average Bonchev–Trinajstić information content (AvgIpc) is 2.93. The van der Waals surface area contributed by atoms with Crippen molar-refractivity contribution in [1.82, 2.24) is 14.5 Å². The Morgan fingerprint density at radius 3 is 2.81 bits per heavy atom. The lowest BCUT2D eigenvalue weighted by atomic mass is 10.1. The van der Waals surface area contributed by atoms with Crippen molar-refractivity contribution < 1.29 is 4.74 Å². The fourth-order valence-corrected chi connectivity index (χ4v) is 4.72. The molecular formula is C18H20BrClIN3OSi. The Hall–Kier alpha value is -0.483. The number of hydrogen-bond acceptors (Lipinski definition) is 3. The number of nitrogens with zero attached hydrogens (tertiary/aromatic N) is 3. The zero-order valence-electron chi connectivity index (χ0n) is 14.9. The number of para-hydroxylation sites is 1. The van der Waals surface area contributed by atoms with Crippen LogP contribution in [0.25, 0.3) is 22.2 Å². The van der Waals surface area contributed by atoms with Crippen molar-refractivity contribution in [2.45, 2.75) is 32.4 Å². The lowest BCUT2D eigenvalue weighted by molar-refractivity contribution is 0.0902. The third-order valence-electron chi connectivity index (χ3n) is 4.05. The number of rotatable bonds is 6. The van der Waals surface area contributed by atoms with Crippen molar-refractivity contribution >= 4 is 69.1 Å². The summed E-state index contributed by atoms with van der Waals surface area (Å²) < 4.78 is 10.1. The van der Waals surface area contributed by atoms with Crippen molar-refractivity contribution in [2.24, 2.45) is 0 Å².